The molecule has 0 aliphatic carbocycles. The number of amides is 1. The predicted molar refractivity (Wildman–Crippen MR) is 80.7 cm³/mol. The van der Waals surface area contributed by atoms with Crippen molar-refractivity contribution in [2.45, 2.75) is 24.8 Å². The summed E-state index contributed by atoms with van der Waals surface area (Å²) in [6, 6.07) is 2.44. The second kappa shape index (κ2) is 6.89. The van der Waals surface area contributed by atoms with Gasteiger partial charge in [-0.3, -0.25) is 4.79 Å². The molecule has 1 aromatic rings. The smallest absolute Gasteiger partial charge is 0.261 e. The lowest BCUT2D eigenvalue weighted by molar-refractivity contribution is 0.0904. The molecule has 1 aromatic carbocycles. The average Bonchev–Trinajstić information content (AvgIpc) is 2.31. The Bertz CT molecular complexity index is 618. The lowest BCUT2D eigenvalue weighted by Crippen LogP contribution is -2.36. The van der Waals surface area contributed by atoms with Gasteiger partial charge in [0.15, 0.2) is 0 Å². The van der Waals surface area contributed by atoms with E-state index in [0.29, 0.717) is 16.6 Å². The van der Waals surface area contributed by atoms with Crippen LogP contribution in [-0.4, -0.2) is 34.1 Å². The molecule has 112 valence electrons. The normalized spacial score (nSPS) is 13.1. The summed E-state index contributed by atoms with van der Waals surface area (Å²) in [4.78, 5) is 12.0. The lowest BCUT2D eigenvalue weighted by Gasteiger charge is -2.15. The number of ether oxygens (including phenoxy) is 1. The van der Waals surface area contributed by atoms with E-state index in [0.717, 1.165) is 0 Å². The zero-order chi connectivity index (χ0) is 15.5. The first-order valence-electron chi connectivity index (χ1n) is 5.71. The molecule has 0 aliphatic heterocycles. The minimum Gasteiger partial charge on any atom is -0.383 e. The van der Waals surface area contributed by atoms with Gasteiger partial charge in [0.25, 0.3) is 15.0 Å². The molecular weight excluding hydrogens is 370 g/mol. The van der Waals surface area contributed by atoms with Crippen LogP contribution in [0.2, 0.25) is 0 Å². The number of halogens is 2. The quantitative estimate of drug-likeness (QED) is 0.792. The highest BCUT2D eigenvalue weighted by Crippen LogP contribution is 2.26. The van der Waals surface area contributed by atoms with Crippen molar-refractivity contribution in [1.29, 1.82) is 0 Å². The Hall–Kier alpha value is -0.630. The summed E-state index contributed by atoms with van der Waals surface area (Å²) in [7, 11) is 2.95. The maximum atomic E-state index is 12.2. The van der Waals surface area contributed by atoms with Crippen molar-refractivity contribution in [3.8, 4) is 0 Å². The van der Waals surface area contributed by atoms with Gasteiger partial charge in [-0.25, -0.2) is 8.42 Å². The number of benzene rings is 1. The summed E-state index contributed by atoms with van der Waals surface area (Å²) >= 11 is 3.23. The Morgan fingerprint density at radius 3 is 2.60 bits per heavy atom. The van der Waals surface area contributed by atoms with Crippen molar-refractivity contribution < 1.29 is 17.9 Å². The number of rotatable bonds is 5. The van der Waals surface area contributed by atoms with Crippen LogP contribution in [-0.2, 0) is 13.8 Å². The maximum Gasteiger partial charge on any atom is 0.261 e. The number of nitrogens with one attached hydrogen (secondary N) is 1. The molecule has 20 heavy (non-hydrogen) atoms. The predicted octanol–water partition coefficient (Wildman–Crippen LogP) is 2.45. The summed E-state index contributed by atoms with van der Waals surface area (Å²) in [5.41, 5.74) is 0.887. The van der Waals surface area contributed by atoms with E-state index in [9.17, 15) is 13.2 Å². The topological polar surface area (TPSA) is 72.5 Å². The number of carbonyl (C=O) groups excluding carboxylic acids is 1. The van der Waals surface area contributed by atoms with E-state index in [-0.39, 0.29) is 22.4 Å². The molecule has 0 aromatic heterocycles. The lowest BCUT2D eigenvalue weighted by atomic mass is 10.1. The number of methoxy groups -OCH3 is 1. The molecule has 1 amide bonds. The van der Waals surface area contributed by atoms with Crippen LogP contribution >= 0.6 is 26.6 Å². The van der Waals surface area contributed by atoms with Crippen molar-refractivity contribution in [3.63, 3.8) is 0 Å². The molecule has 1 rings (SSSR count). The van der Waals surface area contributed by atoms with Gasteiger partial charge in [-0.15, -0.1) is 0 Å². The molecular formula is C12H15BrClNO4S. The number of hydrogen-bond acceptors (Lipinski definition) is 4. The number of carbonyl (C=O) groups is 1. The summed E-state index contributed by atoms with van der Waals surface area (Å²) in [5, 5.41) is 2.72. The van der Waals surface area contributed by atoms with Gasteiger partial charge in [-0.1, -0.05) is 15.9 Å². The highest BCUT2D eigenvalue weighted by atomic mass is 79.9. The largest absolute Gasteiger partial charge is 0.383 e. The van der Waals surface area contributed by atoms with Crippen molar-refractivity contribution >= 4 is 41.6 Å². The van der Waals surface area contributed by atoms with E-state index < -0.39 is 9.05 Å². The minimum atomic E-state index is -3.90. The molecule has 1 N–H and O–H groups in total. The van der Waals surface area contributed by atoms with Crippen LogP contribution in [0.5, 0.6) is 0 Å². The van der Waals surface area contributed by atoms with Gasteiger partial charge >= 0.3 is 0 Å². The van der Waals surface area contributed by atoms with Gasteiger partial charge < -0.3 is 10.1 Å². The summed E-state index contributed by atoms with van der Waals surface area (Å²) in [5.74, 6) is -0.380. The maximum absolute atomic E-state index is 12.2. The molecule has 0 radical (unpaired) electrons. The summed E-state index contributed by atoms with van der Waals surface area (Å²) in [6.07, 6.45) is 0. The first kappa shape index (κ1) is 17.4. The van der Waals surface area contributed by atoms with Gasteiger partial charge in [0.05, 0.1) is 11.5 Å². The van der Waals surface area contributed by atoms with Crippen LogP contribution in [0.1, 0.15) is 22.8 Å². The van der Waals surface area contributed by atoms with E-state index in [1.807, 2.05) is 0 Å². The van der Waals surface area contributed by atoms with Crippen molar-refractivity contribution in [1.82, 2.24) is 5.32 Å². The molecule has 0 saturated carbocycles. The fourth-order valence-corrected chi connectivity index (χ4v) is 3.02. The molecule has 0 bridgehead atoms. The van der Waals surface area contributed by atoms with Crippen LogP contribution in [0, 0.1) is 6.92 Å². The molecule has 1 atom stereocenters. The monoisotopic (exact) mass is 383 g/mol. The standard InChI is InChI=1S/C12H15BrClNO4S/c1-7(6-19-3)15-12(16)10-4-9(20(14,17)18)5-11(13)8(10)2/h4-5,7H,6H2,1-3H3,(H,15,16). The van der Waals surface area contributed by atoms with Crippen molar-refractivity contribution in [2.24, 2.45) is 0 Å². The van der Waals surface area contributed by atoms with E-state index in [1.165, 1.54) is 19.2 Å². The molecule has 0 aliphatic rings. The first-order chi connectivity index (χ1) is 9.16. The van der Waals surface area contributed by atoms with Crippen LogP contribution < -0.4 is 5.32 Å². The second-order valence-electron chi connectivity index (χ2n) is 4.35. The second-order valence-corrected chi connectivity index (χ2v) is 7.77. The van der Waals surface area contributed by atoms with Crippen LogP contribution in [0.15, 0.2) is 21.5 Å². The van der Waals surface area contributed by atoms with E-state index in [1.54, 1.807) is 13.8 Å². The average molecular weight is 385 g/mol. The Kier molecular flexibility index (Phi) is 6.00. The van der Waals surface area contributed by atoms with Gasteiger partial charge in [-0.05, 0) is 31.5 Å². The molecule has 5 nitrogen and oxygen atoms in total. The molecule has 1 unspecified atom stereocenters. The molecule has 0 heterocycles. The van der Waals surface area contributed by atoms with Gasteiger partial charge in [-0.2, -0.15) is 0 Å². The zero-order valence-electron chi connectivity index (χ0n) is 11.2. The van der Waals surface area contributed by atoms with E-state index >= 15 is 0 Å². The number of hydrogen-bond donors (Lipinski definition) is 1. The van der Waals surface area contributed by atoms with Crippen LogP contribution in [0.4, 0.5) is 0 Å². The molecule has 8 heteroatoms. The Balaban J connectivity index is 3.17. The van der Waals surface area contributed by atoms with Gasteiger partial charge in [0.2, 0.25) is 0 Å². The third-order valence-corrected chi connectivity index (χ3v) is 4.80. The summed E-state index contributed by atoms with van der Waals surface area (Å²) in [6.45, 7) is 3.86. The first-order valence-corrected chi connectivity index (χ1v) is 8.81. The van der Waals surface area contributed by atoms with Crippen LogP contribution in [0.3, 0.4) is 0 Å². The van der Waals surface area contributed by atoms with Gasteiger partial charge in [0.1, 0.15) is 0 Å². The molecule has 0 spiro atoms. The van der Waals surface area contributed by atoms with Crippen molar-refractivity contribution in [2.75, 3.05) is 13.7 Å². The van der Waals surface area contributed by atoms with E-state index in [2.05, 4.69) is 21.2 Å². The Morgan fingerprint density at radius 1 is 1.50 bits per heavy atom. The van der Waals surface area contributed by atoms with E-state index in [4.69, 9.17) is 15.4 Å². The fourth-order valence-electron chi connectivity index (χ4n) is 1.62. The SMILES string of the molecule is COCC(C)NC(=O)c1cc(S(=O)(=O)Cl)cc(Br)c1C. The zero-order valence-corrected chi connectivity index (χ0v) is 14.4. The molecule has 0 saturated heterocycles. The molecule has 0 fully saturated rings. The third kappa shape index (κ3) is 4.44. The van der Waals surface area contributed by atoms with Crippen LogP contribution in [0.25, 0.3) is 0 Å². The fraction of sp³-hybridized carbons (Fsp3) is 0.417. The highest BCUT2D eigenvalue weighted by Gasteiger charge is 2.19. The summed E-state index contributed by atoms with van der Waals surface area (Å²) < 4.78 is 28.2. The van der Waals surface area contributed by atoms with Crippen molar-refractivity contribution in [3.05, 3.63) is 27.7 Å². The highest BCUT2D eigenvalue weighted by molar-refractivity contribution is 9.10. The minimum absolute atomic E-state index is 0.124. The Labute approximate surface area is 131 Å². The Morgan fingerprint density at radius 2 is 2.10 bits per heavy atom. The third-order valence-electron chi connectivity index (χ3n) is 2.64. The van der Waals surface area contributed by atoms with Gasteiger partial charge in [0, 0.05) is 33.9 Å².